The number of amides is 2. The Labute approximate surface area is 167 Å². The summed E-state index contributed by atoms with van der Waals surface area (Å²) in [5.74, 6) is -3.39. The van der Waals surface area contributed by atoms with Crippen LogP contribution in [0.1, 0.15) is 50.5 Å². The van der Waals surface area contributed by atoms with Crippen LogP contribution in [0.15, 0.2) is 12.1 Å². The Morgan fingerprint density at radius 3 is 2.28 bits per heavy atom. The van der Waals surface area contributed by atoms with E-state index in [9.17, 15) is 22.8 Å². The molecule has 1 aromatic rings. The number of carbonyl (C=O) groups is 2. The number of hydrogen-bond acceptors (Lipinski definition) is 3. The van der Waals surface area contributed by atoms with Gasteiger partial charge in [0.1, 0.15) is 12.2 Å². The first-order valence-corrected chi connectivity index (χ1v) is 10.3. The number of nitrogens with zero attached hydrogens (tertiary/aromatic N) is 1. The molecule has 158 valence electrons. The highest BCUT2D eigenvalue weighted by Crippen LogP contribution is 2.40. The molecule has 2 bridgehead atoms. The van der Waals surface area contributed by atoms with Gasteiger partial charge in [0.25, 0.3) is 0 Å². The molecule has 5 nitrogen and oxygen atoms in total. The average molecular weight is 409 g/mol. The Bertz CT molecular complexity index is 801. The number of halogens is 3. The van der Waals surface area contributed by atoms with E-state index < -0.39 is 23.5 Å². The van der Waals surface area contributed by atoms with Crippen LogP contribution in [-0.4, -0.2) is 40.9 Å². The molecule has 4 rings (SSSR count). The van der Waals surface area contributed by atoms with E-state index in [0.717, 1.165) is 31.7 Å². The van der Waals surface area contributed by atoms with E-state index >= 15 is 0 Å². The van der Waals surface area contributed by atoms with Gasteiger partial charge in [0, 0.05) is 30.2 Å². The molecule has 2 amide bonds. The number of nitrogens with two attached hydrogens (primary N) is 1. The number of rotatable bonds is 6. The first-order chi connectivity index (χ1) is 13.8. The quantitative estimate of drug-likeness (QED) is 0.560. The summed E-state index contributed by atoms with van der Waals surface area (Å²) in [6.07, 6.45) is 5.04. The van der Waals surface area contributed by atoms with Crippen LogP contribution in [-0.2, 0) is 16.0 Å². The van der Waals surface area contributed by atoms with Crippen molar-refractivity contribution >= 4 is 11.8 Å². The Balaban J connectivity index is 1.36. The summed E-state index contributed by atoms with van der Waals surface area (Å²) in [6.45, 7) is 0. The molecule has 0 aromatic heterocycles. The van der Waals surface area contributed by atoms with Crippen molar-refractivity contribution in [2.75, 3.05) is 0 Å². The Morgan fingerprint density at radius 2 is 1.66 bits per heavy atom. The molecule has 2 saturated heterocycles. The zero-order valence-electron chi connectivity index (χ0n) is 16.2. The van der Waals surface area contributed by atoms with Crippen LogP contribution in [0.5, 0.6) is 0 Å². The van der Waals surface area contributed by atoms with Crippen LogP contribution < -0.4 is 11.1 Å². The number of fused-ring (bicyclic) bond motifs is 2. The van der Waals surface area contributed by atoms with Gasteiger partial charge < -0.3 is 16.0 Å². The summed E-state index contributed by atoms with van der Waals surface area (Å²) in [4.78, 5) is 26.5. The minimum Gasteiger partial charge on any atom is -0.353 e. The first kappa shape index (κ1) is 20.2. The highest BCUT2D eigenvalue weighted by atomic mass is 19.2. The van der Waals surface area contributed by atoms with Gasteiger partial charge in [-0.15, -0.1) is 0 Å². The number of carbonyl (C=O) groups excluding carboxylic acids is 2. The maximum atomic E-state index is 14.0. The van der Waals surface area contributed by atoms with E-state index in [2.05, 4.69) is 5.32 Å². The summed E-state index contributed by atoms with van der Waals surface area (Å²) in [7, 11) is 0. The topological polar surface area (TPSA) is 75.4 Å². The van der Waals surface area contributed by atoms with E-state index in [1.54, 1.807) is 0 Å². The van der Waals surface area contributed by atoms with Gasteiger partial charge in [0.05, 0.1) is 0 Å². The molecule has 3 N–H and O–H groups in total. The van der Waals surface area contributed by atoms with E-state index in [1.165, 1.54) is 0 Å². The fourth-order valence-corrected chi connectivity index (χ4v) is 4.85. The van der Waals surface area contributed by atoms with Crippen molar-refractivity contribution in [1.82, 2.24) is 10.2 Å². The maximum Gasteiger partial charge on any atom is 0.232 e. The first-order valence-electron chi connectivity index (χ1n) is 10.3. The smallest absolute Gasteiger partial charge is 0.232 e. The molecular weight excluding hydrogens is 383 g/mol. The molecule has 1 saturated carbocycles. The summed E-state index contributed by atoms with van der Waals surface area (Å²) >= 11 is 0. The molecule has 0 radical (unpaired) electrons. The van der Waals surface area contributed by atoms with Crippen LogP contribution in [0.2, 0.25) is 0 Å². The van der Waals surface area contributed by atoms with Gasteiger partial charge in [0.15, 0.2) is 11.6 Å². The molecule has 3 atom stereocenters. The molecule has 3 aliphatic rings. The molecule has 2 heterocycles. The summed E-state index contributed by atoms with van der Waals surface area (Å²) in [6, 6.07) is 1.30. The van der Waals surface area contributed by atoms with Gasteiger partial charge in [-0.25, -0.2) is 13.2 Å². The third kappa shape index (κ3) is 4.42. The van der Waals surface area contributed by atoms with Gasteiger partial charge in [0.2, 0.25) is 11.8 Å². The SMILES string of the molecule is N[C@H](Cc1cc(F)c(F)cc1F)C1CC2CCC(C1)N2C(=O)CC(=O)NC1CC1. The van der Waals surface area contributed by atoms with Crippen LogP contribution >= 0.6 is 0 Å². The monoisotopic (exact) mass is 409 g/mol. The standard InChI is InChI=1S/C21H26F3N3O2/c22-16-9-18(24)17(23)7-11(16)8-19(25)12-5-14-3-4-15(6-12)27(14)21(29)10-20(28)26-13-1-2-13/h7,9,12-15,19H,1-6,8,10,25H2,(H,26,28)/t12?,14?,15?,19-/m1/s1. The zero-order valence-corrected chi connectivity index (χ0v) is 16.2. The Hall–Kier alpha value is -2.09. The van der Waals surface area contributed by atoms with E-state index in [-0.39, 0.29) is 54.3 Å². The third-order valence-electron chi connectivity index (χ3n) is 6.46. The van der Waals surface area contributed by atoms with Crippen LogP contribution in [0.3, 0.4) is 0 Å². The molecule has 1 aliphatic carbocycles. The van der Waals surface area contributed by atoms with Crippen LogP contribution in [0.4, 0.5) is 13.2 Å². The molecule has 1 aromatic carbocycles. The van der Waals surface area contributed by atoms with Gasteiger partial charge in [-0.3, -0.25) is 9.59 Å². The van der Waals surface area contributed by atoms with E-state index in [0.29, 0.717) is 18.9 Å². The Morgan fingerprint density at radius 1 is 1.03 bits per heavy atom. The number of nitrogens with one attached hydrogen (secondary N) is 1. The highest BCUT2D eigenvalue weighted by molar-refractivity contribution is 5.97. The van der Waals surface area contributed by atoms with Gasteiger partial charge in [-0.1, -0.05) is 0 Å². The molecule has 3 fully saturated rings. The minimum atomic E-state index is -1.21. The maximum absolute atomic E-state index is 14.0. The molecule has 2 aliphatic heterocycles. The fourth-order valence-electron chi connectivity index (χ4n) is 4.85. The predicted octanol–water partition coefficient (Wildman–Crippen LogP) is 2.41. The fraction of sp³-hybridized carbons (Fsp3) is 0.619. The Kier molecular flexibility index (Phi) is 5.55. The van der Waals surface area contributed by atoms with Crippen molar-refractivity contribution in [2.24, 2.45) is 11.7 Å². The van der Waals surface area contributed by atoms with Crippen molar-refractivity contribution in [3.05, 3.63) is 35.1 Å². The minimum absolute atomic E-state index is 0.0285. The summed E-state index contributed by atoms with van der Waals surface area (Å²) in [5.41, 5.74) is 6.37. The molecule has 0 spiro atoms. The largest absolute Gasteiger partial charge is 0.353 e. The van der Waals surface area contributed by atoms with Crippen molar-refractivity contribution in [2.45, 2.75) is 75.5 Å². The lowest BCUT2D eigenvalue weighted by molar-refractivity contribution is -0.140. The normalized spacial score (nSPS) is 27.0. The zero-order chi connectivity index (χ0) is 20.7. The lowest BCUT2D eigenvalue weighted by Gasteiger charge is -2.41. The van der Waals surface area contributed by atoms with Crippen molar-refractivity contribution in [1.29, 1.82) is 0 Å². The van der Waals surface area contributed by atoms with Gasteiger partial charge >= 0.3 is 0 Å². The molecular formula is C21H26F3N3O2. The third-order valence-corrected chi connectivity index (χ3v) is 6.46. The molecule has 2 unspecified atom stereocenters. The molecule has 8 heteroatoms. The second-order valence-corrected chi connectivity index (χ2v) is 8.66. The van der Waals surface area contributed by atoms with Crippen molar-refractivity contribution in [3.8, 4) is 0 Å². The lowest BCUT2D eigenvalue weighted by Crippen LogP contribution is -2.51. The van der Waals surface area contributed by atoms with E-state index in [1.807, 2.05) is 4.90 Å². The van der Waals surface area contributed by atoms with Gasteiger partial charge in [-0.05, 0) is 62.5 Å². The number of piperidine rings is 1. The van der Waals surface area contributed by atoms with Crippen LogP contribution in [0, 0.1) is 23.4 Å². The predicted molar refractivity (Wildman–Crippen MR) is 100 cm³/mol. The van der Waals surface area contributed by atoms with E-state index in [4.69, 9.17) is 5.73 Å². The second kappa shape index (κ2) is 7.97. The van der Waals surface area contributed by atoms with Crippen molar-refractivity contribution in [3.63, 3.8) is 0 Å². The lowest BCUT2D eigenvalue weighted by atomic mass is 9.82. The number of hydrogen-bond donors (Lipinski definition) is 2. The summed E-state index contributed by atoms with van der Waals surface area (Å²) in [5, 5.41) is 2.84. The van der Waals surface area contributed by atoms with Crippen LogP contribution in [0.25, 0.3) is 0 Å². The molecule has 29 heavy (non-hydrogen) atoms. The average Bonchev–Trinajstić information content (AvgIpc) is 3.42. The summed E-state index contributed by atoms with van der Waals surface area (Å²) < 4.78 is 40.5. The van der Waals surface area contributed by atoms with Crippen molar-refractivity contribution < 1.29 is 22.8 Å². The van der Waals surface area contributed by atoms with Gasteiger partial charge in [-0.2, -0.15) is 0 Å². The highest BCUT2D eigenvalue weighted by Gasteiger charge is 2.44. The second-order valence-electron chi connectivity index (χ2n) is 8.66. The number of benzene rings is 1.